The first-order valence-electron chi connectivity index (χ1n) is 7.32. The highest BCUT2D eigenvalue weighted by atomic mass is 35.5. The summed E-state index contributed by atoms with van der Waals surface area (Å²) in [6.45, 7) is 0. The summed E-state index contributed by atoms with van der Waals surface area (Å²) < 4.78 is 0. The smallest absolute Gasteiger partial charge is 0.259 e. The van der Waals surface area contributed by atoms with Crippen molar-refractivity contribution >= 4 is 57.3 Å². The van der Waals surface area contributed by atoms with Gasteiger partial charge in [-0.3, -0.25) is 10.1 Å². The van der Waals surface area contributed by atoms with Crippen LogP contribution < -0.4 is 5.32 Å². The van der Waals surface area contributed by atoms with Crippen LogP contribution in [0, 0.1) is 0 Å². The Bertz CT molecular complexity index is 871. The number of carbonyl (C=O) groups is 1. The quantitative estimate of drug-likeness (QED) is 0.581. The predicted molar refractivity (Wildman–Crippen MR) is 106 cm³/mol. The topological polar surface area (TPSA) is 54.9 Å². The largest absolute Gasteiger partial charge is 0.296 e. The minimum atomic E-state index is -0.355. The van der Waals surface area contributed by atoms with Gasteiger partial charge in [0.15, 0.2) is 0 Å². The number of nitrogens with zero attached hydrogens (tertiary/aromatic N) is 2. The van der Waals surface area contributed by atoms with Crippen molar-refractivity contribution in [3.05, 3.63) is 74.7 Å². The number of thioether (sulfide) groups is 1. The van der Waals surface area contributed by atoms with Crippen LogP contribution in [-0.2, 0) is 11.5 Å². The lowest BCUT2D eigenvalue weighted by atomic mass is 10.2. The van der Waals surface area contributed by atoms with E-state index >= 15 is 0 Å². The fourth-order valence-electron chi connectivity index (χ4n) is 2.03. The number of rotatable bonds is 6. The zero-order valence-electron chi connectivity index (χ0n) is 12.9. The Morgan fingerprint density at radius 2 is 1.88 bits per heavy atom. The van der Waals surface area contributed by atoms with E-state index in [2.05, 4.69) is 27.6 Å². The molecule has 0 atom stereocenters. The maximum absolute atomic E-state index is 12.3. The van der Waals surface area contributed by atoms with E-state index in [1.165, 1.54) is 23.0 Å². The molecule has 4 nitrogen and oxygen atoms in total. The molecular formula is C17H13Cl2N3OS2. The number of aromatic nitrogens is 2. The van der Waals surface area contributed by atoms with E-state index in [1.54, 1.807) is 23.9 Å². The summed E-state index contributed by atoms with van der Waals surface area (Å²) in [4.78, 5) is 12.3. The molecule has 0 unspecified atom stereocenters. The van der Waals surface area contributed by atoms with Gasteiger partial charge in [-0.05, 0) is 23.8 Å². The monoisotopic (exact) mass is 409 g/mol. The first-order valence-corrected chi connectivity index (χ1v) is 10.0. The summed E-state index contributed by atoms with van der Waals surface area (Å²) in [5, 5.41) is 12.9. The van der Waals surface area contributed by atoms with Gasteiger partial charge in [0.05, 0.1) is 10.6 Å². The molecule has 1 heterocycles. The van der Waals surface area contributed by atoms with Crippen LogP contribution in [0.4, 0.5) is 5.13 Å². The van der Waals surface area contributed by atoms with Crippen LogP contribution in [0.15, 0.2) is 48.5 Å². The normalized spacial score (nSPS) is 10.6. The Labute approximate surface area is 163 Å². The summed E-state index contributed by atoms with van der Waals surface area (Å²) in [6, 6.07) is 15.0. The third-order valence-corrected chi connectivity index (χ3v) is 5.80. The molecule has 0 saturated carbocycles. The lowest BCUT2D eigenvalue weighted by Crippen LogP contribution is -2.12. The average molecular weight is 410 g/mol. The highest BCUT2D eigenvalue weighted by Gasteiger charge is 2.14. The molecule has 0 fully saturated rings. The molecule has 0 aliphatic carbocycles. The maximum atomic E-state index is 12.3. The SMILES string of the molecule is O=C(Nc1nnc(CSCc2ccccc2)s1)c1cc(Cl)ccc1Cl. The second-order valence-electron chi connectivity index (χ2n) is 5.06. The molecular weight excluding hydrogens is 397 g/mol. The van der Waals surface area contributed by atoms with Gasteiger partial charge in [-0.1, -0.05) is 64.9 Å². The average Bonchev–Trinajstić information content (AvgIpc) is 3.05. The van der Waals surface area contributed by atoms with E-state index in [-0.39, 0.29) is 5.91 Å². The van der Waals surface area contributed by atoms with E-state index in [4.69, 9.17) is 23.2 Å². The summed E-state index contributed by atoms with van der Waals surface area (Å²) in [6.07, 6.45) is 0. The number of anilines is 1. The van der Waals surface area contributed by atoms with Gasteiger partial charge >= 0.3 is 0 Å². The zero-order valence-corrected chi connectivity index (χ0v) is 16.1. The lowest BCUT2D eigenvalue weighted by Gasteiger charge is -2.04. The molecule has 0 bridgehead atoms. The van der Waals surface area contributed by atoms with Gasteiger partial charge in [0.2, 0.25) is 5.13 Å². The number of amides is 1. The van der Waals surface area contributed by atoms with Crippen LogP contribution in [0.2, 0.25) is 10.0 Å². The van der Waals surface area contributed by atoms with E-state index < -0.39 is 0 Å². The van der Waals surface area contributed by atoms with Crippen molar-refractivity contribution in [2.24, 2.45) is 0 Å². The van der Waals surface area contributed by atoms with Crippen molar-refractivity contribution < 1.29 is 4.79 Å². The van der Waals surface area contributed by atoms with Crippen LogP contribution >= 0.6 is 46.3 Å². The molecule has 1 aromatic heterocycles. The Morgan fingerprint density at radius 3 is 2.68 bits per heavy atom. The number of benzene rings is 2. The van der Waals surface area contributed by atoms with Gasteiger partial charge in [0.25, 0.3) is 5.91 Å². The maximum Gasteiger partial charge on any atom is 0.259 e. The summed E-state index contributed by atoms with van der Waals surface area (Å²) in [5.41, 5.74) is 1.57. The van der Waals surface area contributed by atoms with Crippen LogP contribution in [0.25, 0.3) is 0 Å². The number of nitrogens with one attached hydrogen (secondary N) is 1. The molecule has 1 N–H and O–H groups in total. The third-order valence-electron chi connectivity index (χ3n) is 3.20. The number of hydrogen-bond donors (Lipinski definition) is 1. The molecule has 2 aromatic carbocycles. The number of carbonyl (C=O) groups excluding carboxylic acids is 1. The third kappa shape index (κ3) is 5.19. The van der Waals surface area contributed by atoms with Gasteiger partial charge in [-0.15, -0.1) is 22.0 Å². The molecule has 3 aromatic rings. The second kappa shape index (κ2) is 8.67. The first kappa shape index (κ1) is 18.2. The molecule has 3 rings (SSSR count). The molecule has 25 heavy (non-hydrogen) atoms. The molecule has 0 radical (unpaired) electrons. The van der Waals surface area contributed by atoms with Gasteiger partial charge in [0.1, 0.15) is 5.01 Å². The predicted octanol–water partition coefficient (Wildman–Crippen LogP) is 5.53. The fraction of sp³-hybridized carbons (Fsp3) is 0.118. The van der Waals surface area contributed by atoms with Crippen LogP contribution in [0.5, 0.6) is 0 Å². The molecule has 0 saturated heterocycles. The molecule has 0 aliphatic heterocycles. The Morgan fingerprint density at radius 1 is 1.08 bits per heavy atom. The highest BCUT2D eigenvalue weighted by Crippen LogP contribution is 2.25. The Hall–Kier alpha value is -1.60. The van der Waals surface area contributed by atoms with Gasteiger partial charge in [-0.2, -0.15) is 0 Å². The zero-order chi connectivity index (χ0) is 17.6. The summed E-state index contributed by atoms with van der Waals surface area (Å²) >= 11 is 15.0. The second-order valence-corrected chi connectivity index (χ2v) is 7.95. The van der Waals surface area contributed by atoms with E-state index in [1.807, 2.05) is 18.2 Å². The minimum absolute atomic E-state index is 0.310. The molecule has 0 aliphatic rings. The van der Waals surface area contributed by atoms with Gasteiger partial charge in [0, 0.05) is 16.5 Å². The van der Waals surface area contributed by atoms with Gasteiger partial charge < -0.3 is 0 Å². The standard InChI is InChI=1S/C17H13Cl2N3OS2/c18-12-6-7-14(19)13(8-12)16(23)20-17-22-21-15(25-17)10-24-9-11-4-2-1-3-5-11/h1-8H,9-10H2,(H,20,22,23). The number of hydrogen-bond acceptors (Lipinski definition) is 5. The molecule has 0 spiro atoms. The van der Waals surface area contributed by atoms with Crippen molar-refractivity contribution in [1.82, 2.24) is 10.2 Å². The van der Waals surface area contributed by atoms with Crippen LogP contribution in [-0.4, -0.2) is 16.1 Å². The fourth-order valence-corrected chi connectivity index (χ4v) is 4.18. The van der Waals surface area contributed by atoms with Crippen molar-refractivity contribution in [1.29, 1.82) is 0 Å². The van der Waals surface area contributed by atoms with Crippen molar-refractivity contribution in [3.63, 3.8) is 0 Å². The Balaban J connectivity index is 1.56. The van der Waals surface area contributed by atoms with E-state index in [0.717, 1.165) is 16.5 Å². The van der Waals surface area contributed by atoms with Crippen molar-refractivity contribution in [2.45, 2.75) is 11.5 Å². The Kier molecular flexibility index (Phi) is 6.31. The number of halogens is 2. The summed E-state index contributed by atoms with van der Waals surface area (Å²) in [5.74, 6) is 1.28. The van der Waals surface area contributed by atoms with Crippen LogP contribution in [0.1, 0.15) is 20.9 Å². The highest BCUT2D eigenvalue weighted by molar-refractivity contribution is 7.97. The molecule has 8 heteroatoms. The van der Waals surface area contributed by atoms with E-state index in [9.17, 15) is 4.79 Å². The minimum Gasteiger partial charge on any atom is -0.296 e. The molecule has 128 valence electrons. The molecule has 1 amide bonds. The first-order chi connectivity index (χ1) is 12.1. The van der Waals surface area contributed by atoms with Crippen molar-refractivity contribution in [2.75, 3.05) is 5.32 Å². The van der Waals surface area contributed by atoms with Crippen molar-refractivity contribution in [3.8, 4) is 0 Å². The lowest BCUT2D eigenvalue weighted by molar-refractivity contribution is 0.102. The van der Waals surface area contributed by atoms with Crippen LogP contribution in [0.3, 0.4) is 0 Å². The van der Waals surface area contributed by atoms with E-state index in [0.29, 0.717) is 20.7 Å². The summed E-state index contributed by atoms with van der Waals surface area (Å²) in [7, 11) is 0. The van der Waals surface area contributed by atoms with Gasteiger partial charge in [-0.25, -0.2) is 0 Å².